The van der Waals surface area contributed by atoms with Crippen LogP contribution in [0.4, 0.5) is 0 Å². The van der Waals surface area contributed by atoms with Crippen LogP contribution in [0.1, 0.15) is 24.0 Å². The summed E-state index contributed by atoms with van der Waals surface area (Å²) in [6.45, 7) is 5.80. The minimum absolute atomic E-state index is 0.270. The molecule has 0 aliphatic rings. The third-order valence-electron chi connectivity index (χ3n) is 3.04. The number of benzene rings is 1. The Morgan fingerprint density at radius 3 is 2.71 bits per heavy atom. The molecule has 2 aromatic rings. The van der Waals surface area contributed by atoms with Gasteiger partial charge in [0, 0.05) is 28.6 Å². The molecule has 1 aromatic heterocycles. The van der Waals surface area contributed by atoms with Crippen molar-refractivity contribution in [3.05, 3.63) is 45.4 Å². The number of thiazole rings is 1. The van der Waals surface area contributed by atoms with Gasteiger partial charge >= 0.3 is 0 Å². The van der Waals surface area contributed by atoms with Crippen LogP contribution < -0.4 is 10.1 Å². The zero-order valence-electron chi connectivity index (χ0n) is 12.4. The van der Waals surface area contributed by atoms with Crippen LogP contribution in [-0.2, 0) is 6.42 Å². The summed E-state index contributed by atoms with van der Waals surface area (Å²) in [4.78, 5) is 4.53. The van der Waals surface area contributed by atoms with Crippen molar-refractivity contribution in [2.75, 3.05) is 13.2 Å². The maximum Gasteiger partial charge on any atom is 0.119 e. The number of hydrogen-bond donors (Lipinski definition) is 1. The highest BCUT2D eigenvalue weighted by Gasteiger charge is 2.12. The van der Waals surface area contributed by atoms with Gasteiger partial charge in [-0.3, -0.25) is 0 Å². The lowest BCUT2D eigenvalue weighted by Crippen LogP contribution is -2.37. The van der Waals surface area contributed by atoms with E-state index in [2.05, 4.69) is 22.6 Å². The predicted molar refractivity (Wildman–Crippen MR) is 89.6 cm³/mol. The molecule has 0 spiro atoms. The summed E-state index contributed by atoms with van der Waals surface area (Å²) < 4.78 is 5.85. The van der Waals surface area contributed by atoms with Crippen LogP contribution in [0.5, 0.6) is 5.75 Å². The standard InChI is InChI=1S/C16H21ClN2OS/c1-3-8-18-14(9-16-19-12(2)11-21-16)10-20-15-6-4-13(17)5-7-15/h4-7,11,14,18H,3,8-10H2,1-2H3. The molecule has 5 heteroatoms. The Morgan fingerprint density at radius 2 is 2.10 bits per heavy atom. The smallest absolute Gasteiger partial charge is 0.119 e. The van der Waals surface area contributed by atoms with E-state index >= 15 is 0 Å². The average Bonchev–Trinajstić information content (AvgIpc) is 2.89. The third kappa shape index (κ3) is 5.65. The van der Waals surface area contributed by atoms with E-state index in [-0.39, 0.29) is 6.04 Å². The summed E-state index contributed by atoms with van der Waals surface area (Å²) in [7, 11) is 0. The van der Waals surface area contributed by atoms with Gasteiger partial charge in [0.15, 0.2) is 0 Å². The van der Waals surface area contributed by atoms with Crippen LogP contribution in [0.3, 0.4) is 0 Å². The molecular weight excluding hydrogens is 304 g/mol. The van der Waals surface area contributed by atoms with Crippen LogP contribution in [0.25, 0.3) is 0 Å². The number of halogens is 1. The van der Waals surface area contributed by atoms with Crippen molar-refractivity contribution in [3.63, 3.8) is 0 Å². The fourth-order valence-corrected chi connectivity index (χ4v) is 2.95. The second-order valence-electron chi connectivity index (χ2n) is 5.00. The third-order valence-corrected chi connectivity index (χ3v) is 4.28. The molecule has 1 aromatic carbocycles. The quantitative estimate of drug-likeness (QED) is 0.794. The van der Waals surface area contributed by atoms with Crippen LogP contribution in [-0.4, -0.2) is 24.2 Å². The molecule has 0 radical (unpaired) electrons. The number of ether oxygens (including phenoxy) is 1. The molecule has 1 atom stereocenters. The molecule has 1 N–H and O–H groups in total. The zero-order valence-corrected chi connectivity index (χ0v) is 14.0. The van der Waals surface area contributed by atoms with Crippen molar-refractivity contribution < 1.29 is 4.74 Å². The average molecular weight is 325 g/mol. The van der Waals surface area contributed by atoms with E-state index in [1.165, 1.54) is 0 Å². The molecule has 0 aliphatic heterocycles. The Hall–Kier alpha value is -1.10. The van der Waals surface area contributed by atoms with Gasteiger partial charge < -0.3 is 10.1 Å². The zero-order chi connectivity index (χ0) is 15.1. The first-order valence-electron chi connectivity index (χ1n) is 7.20. The van der Waals surface area contributed by atoms with Crippen molar-refractivity contribution >= 4 is 22.9 Å². The van der Waals surface area contributed by atoms with Crippen molar-refractivity contribution in [2.45, 2.75) is 32.7 Å². The summed E-state index contributed by atoms with van der Waals surface area (Å²) in [5.41, 5.74) is 1.09. The monoisotopic (exact) mass is 324 g/mol. The molecule has 1 unspecified atom stereocenters. The van der Waals surface area contributed by atoms with E-state index in [0.717, 1.165) is 40.9 Å². The lowest BCUT2D eigenvalue weighted by Gasteiger charge is -2.18. The van der Waals surface area contributed by atoms with Crippen molar-refractivity contribution in [1.29, 1.82) is 0 Å². The molecule has 21 heavy (non-hydrogen) atoms. The molecule has 0 amide bonds. The highest BCUT2D eigenvalue weighted by molar-refractivity contribution is 7.09. The molecule has 3 nitrogen and oxygen atoms in total. The van der Waals surface area contributed by atoms with Gasteiger partial charge in [0.25, 0.3) is 0 Å². The Balaban J connectivity index is 1.90. The highest BCUT2D eigenvalue weighted by Crippen LogP contribution is 2.16. The normalized spacial score (nSPS) is 12.3. The van der Waals surface area contributed by atoms with E-state index in [1.54, 1.807) is 11.3 Å². The number of rotatable bonds is 8. The van der Waals surface area contributed by atoms with E-state index in [4.69, 9.17) is 16.3 Å². The van der Waals surface area contributed by atoms with E-state index in [9.17, 15) is 0 Å². The van der Waals surface area contributed by atoms with Gasteiger partial charge in [-0.15, -0.1) is 11.3 Å². The molecule has 114 valence electrons. The molecule has 2 rings (SSSR count). The molecular formula is C16H21ClN2OS. The van der Waals surface area contributed by atoms with Crippen molar-refractivity contribution in [1.82, 2.24) is 10.3 Å². The lowest BCUT2D eigenvalue weighted by molar-refractivity contribution is 0.263. The molecule has 0 saturated heterocycles. The minimum Gasteiger partial charge on any atom is -0.492 e. The maximum atomic E-state index is 5.88. The SMILES string of the molecule is CCCNC(COc1ccc(Cl)cc1)Cc1nc(C)cs1. The van der Waals surface area contributed by atoms with Gasteiger partial charge in [-0.05, 0) is 44.2 Å². The lowest BCUT2D eigenvalue weighted by atomic mass is 10.2. The van der Waals surface area contributed by atoms with Gasteiger partial charge in [0.05, 0.1) is 5.01 Å². The van der Waals surface area contributed by atoms with Crippen LogP contribution in [0.2, 0.25) is 5.02 Å². The van der Waals surface area contributed by atoms with Crippen LogP contribution in [0.15, 0.2) is 29.6 Å². The minimum atomic E-state index is 0.270. The summed E-state index contributed by atoms with van der Waals surface area (Å²) in [5, 5.41) is 7.49. The first-order valence-corrected chi connectivity index (χ1v) is 8.46. The molecule has 0 aliphatic carbocycles. The first-order chi connectivity index (χ1) is 10.2. The van der Waals surface area contributed by atoms with E-state index in [0.29, 0.717) is 6.61 Å². The fourth-order valence-electron chi connectivity index (χ4n) is 1.97. The highest BCUT2D eigenvalue weighted by atomic mass is 35.5. The summed E-state index contributed by atoms with van der Waals surface area (Å²) in [6.07, 6.45) is 2.00. The molecule has 1 heterocycles. The number of nitrogens with zero attached hydrogens (tertiary/aromatic N) is 1. The van der Waals surface area contributed by atoms with Gasteiger partial charge in [-0.2, -0.15) is 0 Å². The maximum absolute atomic E-state index is 5.88. The molecule has 0 saturated carbocycles. The van der Waals surface area contributed by atoms with E-state index in [1.807, 2.05) is 31.2 Å². The Kier molecular flexibility index (Phi) is 6.49. The Morgan fingerprint density at radius 1 is 1.33 bits per heavy atom. The summed E-state index contributed by atoms with van der Waals surface area (Å²) in [5.74, 6) is 0.845. The summed E-state index contributed by atoms with van der Waals surface area (Å²) >= 11 is 7.59. The molecule has 0 bridgehead atoms. The van der Waals surface area contributed by atoms with Gasteiger partial charge in [0.2, 0.25) is 0 Å². The number of aromatic nitrogens is 1. The van der Waals surface area contributed by atoms with Gasteiger partial charge in [-0.25, -0.2) is 4.98 Å². The first kappa shape index (κ1) is 16.3. The topological polar surface area (TPSA) is 34.1 Å². The largest absolute Gasteiger partial charge is 0.492 e. The second-order valence-corrected chi connectivity index (χ2v) is 6.38. The van der Waals surface area contributed by atoms with Crippen molar-refractivity contribution in [3.8, 4) is 5.75 Å². The predicted octanol–water partition coefficient (Wildman–Crippen LogP) is 4.09. The summed E-state index contributed by atoms with van der Waals surface area (Å²) in [6, 6.07) is 7.75. The Labute approximate surface area is 135 Å². The Bertz CT molecular complexity index is 541. The van der Waals surface area contributed by atoms with Gasteiger partial charge in [-0.1, -0.05) is 18.5 Å². The van der Waals surface area contributed by atoms with Gasteiger partial charge in [0.1, 0.15) is 12.4 Å². The van der Waals surface area contributed by atoms with Crippen molar-refractivity contribution in [2.24, 2.45) is 0 Å². The second kappa shape index (κ2) is 8.37. The number of aryl methyl sites for hydroxylation is 1. The van der Waals surface area contributed by atoms with Crippen LogP contribution in [0, 0.1) is 6.92 Å². The molecule has 0 fully saturated rings. The number of hydrogen-bond acceptors (Lipinski definition) is 4. The fraction of sp³-hybridized carbons (Fsp3) is 0.438. The number of nitrogens with one attached hydrogen (secondary N) is 1. The van der Waals surface area contributed by atoms with E-state index < -0.39 is 0 Å². The van der Waals surface area contributed by atoms with Crippen LogP contribution >= 0.6 is 22.9 Å².